The average molecular weight is 236 g/mol. The fourth-order valence-electron chi connectivity index (χ4n) is 2.86. The van der Waals surface area contributed by atoms with Gasteiger partial charge in [0.2, 0.25) is 0 Å². The quantitative estimate of drug-likeness (QED) is 0.831. The first-order valence-electron chi connectivity index (χ1n) is 6.74. The van der Waals surface area contributed by atoms with E-state index in [1.54, 1.807) is 12.1 Å². The number of hydrogen-bond acceptors (Lipinski definition) is 0. The first-order chi connectivity index (χ1) is 8.16. The summed E-state index contributed by atoms with van der Waals surface area (Å²) in [4.78, 5) is 0. The monoisotopic (exact) mass is 236 g/mol. The summed E-state index contributed by atoms with van der Waals surface area (Å²) in [5.41, 5.74) is 1.22. The van der Waals surface area contributed by atoms with Crippen molar-refractivity contribution in [2.45, 2.75) is 45.7 Å². The van der Waals surface area contributed by atoms with Gasteiger partial charge in [0, 0.05) is 11.5 Å². The minimum atomic E-state index is -0.145. The van der Waals surface area contributed by atoms with Crippen molar-refractivity contribution in [2.24, 2.45) is 11.8 Å². The SMILES string of the molecule is C[C@@H]1[C@H](C)CCC[C@H]1[NH2+]Cc1ccc(F)cc1. The Hall–Kier alpha value is -0.890. The largest absolute Gasteiger partial charge is 0.340 e. The van der Waals surface area contributed by atoms with Crippen molar-refractivity contribution in [3.8, 4) is 0 Å². The Morgan fingerprint density at radius 3 is 2.59 bits per heavy atom. The summed E-state index contributed by atoms with van der Waals surface area (Å²) in [6.07, 6.45) is 4.06. The first kappa shape index (κ1) is 12.6. The Balaban J connectivity index is 1.87. The van der Waals surface area contributed by atoms with Gasteiger partial charge < -0.3 is 5.32 Å². The van der Waals surface area contributed by atoms with E-state index in [0.717, 1.165) is 24.4 Å². The van der Waals surface area contributed by atoms with Crippen molar-refractivity contribution in [1.29, 1.82) is 0 Å². The van der Waals surface area contributed by atoms with E-state index in [9.17, 15) is 4.39 Å². The molecule has 1 aromatic rings. The van der Waals surface area contributed by atoms with Crippen molar-refractivity contribution in [1.82, 2.24) is 0 Å². The van der Waals surface area contributed by atoms with Crippen LogP contribution in [0.1, 0.15) is 38.7 Å². The van der Waals surface area contributed by atoms with Gasteiger partial charge in [-0.3, -0.25) is 0 Å². The standard InChI is InChI=1S/C15H22FN/c1-11-4-3-5-15(12(11)2)17-10-13-6-8-14(16)9-7-13/h6-9,11-12,15,17H,3-5,10H2,1-2H3/p+1/t11-,12-,15-/m1/s1. The smallest absolute Gasteiger partial charge is 0.123 e. The highest BCUT2D eigenvalue weighted by atomic mass is 19.1. The molecule has 0 radical (unpaired) electrons. The third-order valence-corrected chi connectivity index (χ3v) is 4.34. The first-order valence-corrected chi connectivity index (χ1v) is 6.74. The van der Waals surface area contributed by atoms with Gasteiger partial charge in [0.05, 0.1) is 6.04 Å². The molecule has 1 aliphatic rings. The molecule has 0 saturated heterocycles. The molecule has 2 heteroatoms. The van der Waals surface area contributed by atoms with Crippen LogP contribution in [0.3, 0.4) is 0 Å². The van der Waals surface area contributed by atoms with Crippen LogP contribution in [-0.4, -0.2) is 6.04 Å². The van der Waals surface area contributed by atoms with Crippen LogP contribution < -0.4 is 5.32 Å². The van der Waals surface area contributed by atoms with Gasteiger partial charge in [-0.05, 0) is 37.3 Å². The zero-order chi connectivity index (χ0) is 12.3. The Kier molecular flexibility index (Phi) is 4.16. The minimum absolute atomic E-state index is 0.145. The van der Waals surface area contributed by atoms with Crippen LogP contribution in [0.15, 0.2) is 24.3 Å². The van der Waals surface area contributed by atoms with Crippen LogP contribution in [-0.2, 0) is 6.54 Å². The molecule has 2 rings (SSSR count). The lowest BCUT2D eigenvalue weighted by Gasteiger charge is -2.32. The number of hydrogen-bond donors (Lipinski definition) is 1. The van der Waals surface area contributed by atoms with E-state index in [1.807, 2.05) is 12.1 Å². The fraction of sp³-hybridized carbons (Fsp3) is 0.600. The molecule has 0 spiro atoms. The van der Waals surface area contributed by atoms with E-state index >= 15 is 0 Å². The lowest BCUT2D eigenvalue weighted by Crippen LogP contribution is -2.90. The Bertz CT molecular complexity index is 346. The van der Waals surface area contributed by atoms with E-state index in [-0.39, 0.29) is 5.82 Å². The predicted molar refractivity (Wildman–Crippen MR) is 68.0 cm³/mol. The summed E-state index contributed by atoms with van der Waals surface area (Å²) >= 11 is 0. The van der Waals surface area contributed by atoms with E-state index in [1.165, 1.54) is 24.8 Å². The number of benzene rings is 1. The molecule has 1 fully saturated rings. The number of rotatable bonds is 3. The third-order valence-electron chi connectivity index (χ3n) is 4.34. The van der Waals surface area contributed by atoms with Gasteiger partial charge in [0.15, 0.2) is 0 Å². The van der Waals surface area contributed by atoms with E-state index in [4.69, 9.17) is 0 Å². The van der Waals surface area contributed by atoms with E-state index in [0.29, 0.717) is 0 Å². The molecule has 2 N–H and O–H groups in total. The summed E-state index contributed by atoms with van der Waals surface area (Å²) in [5.74, 6) is 1.50. The van der Waals surface area contributed by atoms with Crippen molar-refractivity contribution in [2.75, 3.05) is 0 Å². The number of quaternary nitrogens is 1. The molecule has 1 nitrogen and oxygen atoms in total. The molecular weight excluding hydrogens is 213 g/mol. The van der Waals surface area contributed by atoms with Gasteiger partial charge in [0.1, 0.15) is 12.4 Å². The summed E-state index contributed by atoms with van der Waals surface area (Å²) in [5, 5.41) is 2.44. The normalized spacial score (nSPS) is 29.2. The third kappa shape index (κ3) is 3.29. The highest BCUT2D eigenvalue weighted by Crippen LogP contribution is 2.27. The molecule has 1 aromatic carbocycles. The molecular formula is C15H23FN+. The van der Waals surface area contributed by atoms with Crippen LogP contribution in [0.4, 0.5) is 4.39 Å². The molecule has 1 aliphatic carbocycles. The molecule has 0 bridgehead atoms. The fourth-order valence-corrected chi connectivity index (χ4v) is 2.86. The Morgan fingerprint density at radius 2 is 1.88 bits per heavy atom. The second-order valence-electron chi connectivity index (χ2n) is 5.50. The maximum Gasteiger partial charge on any atom is 0.123 e. The average Bonchev–Trinajstić information content (AvgIpc) is 2.33. The van der Waals surface area contributed by atoms with Crippen molar-refractivity contribution in [3.05, 3.63) is 35.6 Å². The molecule has 1 saturated carbocycles. The van der Waals surface area contributed by atoms with Gasteiger partial charge in [0.25, 0.3) is 0 Å². The predicted octanol–water partition coefficient (Wildman–Crippen LogP) is 2.71. The lowest BCUT2D eigenvalue weighted by atomic mass is 9.78. The number of nitrogens with two attached hydrogens (primary N) is 1. The van der Waals surface area contributed by atoms with Crippen LogP contribution in [0.5, 0.6) is 0 Å². The highest BCUT2D eigenvalue weighted by molar-refractivity contribution is 5.14. The summed E-state index contributed by atoms with van der Waals surface area (Å²) in [6, 6.07) is 7.63. The van der Waals surface area contributed by atoms with Crippen LogP contribution in [0.25, 0.3) is 0 Å². The summed E-state index contributed by atoms with van der Waals surface area (Å²) in [7, 11) is 0. The van der Waals surface area contributed by atoms with Gasteiger partial charge >= 0.3 is 0 Å². The molecule has 3 atom stereocenters. The Morgan fingerprint density at radius 1 is 1.18 bits per heavy atom. The molecule has 0 amide bonds. The van der Waals surface area contributed by atoms with Crippen molar-refractivity contribution >= 4 is 0 Å². The lowest BCUT2D eigenvalue weighted by molar-refractivity contribution is -0.713. The maximum absolute atomic E-state index is 12.8. The Labute approximate surface area is 103 Å². The topological polar surface area (TPSA) is 16.6 Å². The molecule has 0 aliphatic heterocycles. The second kappa shape index (κ2) is 5.63. The number of halogens is 1. The van der Waals surface area contributed by atoms with Gasteiger partial charge in [-0.15, -0.1) is 0 Å². The molecule has 0 unspecified atom stereocenters. The van der Waals surface area contributed by atoms with Crippen molar-refractivity contribution in [3.63, 3.8) is 0 Å². The summed E-state index contributed by atoms with van der Waals surface area (Å²) < 4.78 is 12.8. The highest BCUT2D eigenvalue weighted by Gasteiger charge is 2.29. The van der Waals surface area contributed by atoms with Crippen LogP contribution in [0, 0.1) is 17.7 Å². The minimum Gasteiger partial charge on any atom is -0.340 e. The summed E-state index contributed by atoms with van der Waals surface area (Å²) in [6.45, 7) is 5.71. The van der Waals surface area contributed by atoms with E-state index in [2.05, 4.69) is 19.2 Å². The van der Waals surface area contributed by atoms with Gasteiger partial charge in [-0.1, -0.05) is 26.0 Å². The molecule has 0 aromatic heterocycles. The van der Waals surface area contributed by atoms with Crippen LogP contribution in [0.2, 0.25) is 0 Å². The molecule has 17 heavy (non-hydrogen) atoms. The molecule has 94 valence electrons. The van der Waals surface area contributed by atoms with E-state index < -0.39 is 0 Å². The molecule has 0 heterocycles. The second-order valence-corrected chi connectivity index (χ2v) is 5.50. The van der Waals surface area contributed by atoms with Gasteiger partial charge in [-0.2, -0.15) is 0 Å². The van der Waals surface area contributed by atoms with Gasteiger partial charge in [-0.25, -0.2) is 4.39 Å². The van der Waals surface area contributed by atoms with Crippen molar-refractivity contribution < 1.29 is 9.71 Å². The zero-order valence-electron chi connectivity index (χ0n) is 10.8. The maximum atomic E-state index is 12.8. The zero-order valence-corrected chi connectivity index (χ0v) is 10.8. The van der Waals surface area contributed by atoms with Crippen LogP contribution >= 0.6 is 0 Å².